The number of carbonyl (C=O) groups excluding carboxylic acids is 1. The van der Waals surface area contributed by atoms with Crippen LogP contribution in [0.2, 0.25) is 0 Å². The summed E-state index contributed by atoms with van der Waals surface area (Å²) in [5.41, 5.74) is 2.71. The maximum atomic E-state index is 12.7. The maximum absolute atomic E-state index is 12.7. The number of para-hydroxylation sites is 2. The summed E-state index contributed by atoms with van der Waals surface area (Å²) >= 11 is 0. The van der Waals surface area contributed by atoms with Crippen molar-refractivity contribution in [3.8, 4) is 5.75 Å². The summed E-state index contributed by atoms with van der Waals surface area (Å²) in [6, 6.07) is 14.4. The molecule has 1 N–H and O–H groups in total. The fourth-order valence-corrected chi connectivity index (χ4v) is 2.73. The van der Waals surface area contributed by atoms with Gasteiger partial charge in [0.15, 0.2) is 0 Å². The first kappa shape index (κ1) is 15.1. The molecule has 0 spiro atoms. The summed E-state index contributed by atoms with van der Waals surface area (Å²) in [6.07, 6.45) is 1.70. The van der Waals surface area contributed by atoms with E-state index in [0.29, 0.717) is 6.54 Å². The van der Waals surface area contributed by atoms with Crippen LogP contribution in [-0.4, -0.2) is 32.5 Å². The number of nitrogens with zero attached hydrogens (tertiary/aromatic N) is 3. The molecule has 2 aromatic carbocycles. The van der Waals surface area contributed by atoms with Gasteiger partial charge < -0.3 is 14.6 Å². The van der Waals surface area contributed by atoms with Crippen LogP contribution >= 0.6 is 0 Å². The third-order valence-corrected chi connectivity index (χ3v) is 3.96. The quantitative estimate of drug-likeness (QED) is 0.806. The number of carbonyl (C=O) groups is 1. The first-order valence-electron chi connectivity index (χ1n) is 7.50. The zero-order valence-electron chi connectivity index (χ0n) is 13.2. The van der Waals surface area contributed by atoms with Crippen molar-refractivity contribution in [1.29, 1.82) is 0 Å². The highest BCUT2D eigenvalue weighted by Crippen LogP contribution is 2.20. The van der Waals surface area contributed by atoms with Crippen LogP contribution in [0.3, 0.4) is 0 Å². The minimum atomic E-state index is -0.343. The van der Waals surface area contributed by atoms with E-state index >= 15 is 0 Å². The van der Waals surface area contributed by atoms with Gasteiger partial charge in [-0.05, 0) is 36.8 Å². The fraction of sp³-hybridized carbons (Fsp3) is 0.222. The molecule has 0 radical (unpaired) electrons. The molecule has 0 saturated carbocycles. The van der Waals surface area contributed by atoms with Crippen LogP contribution in [-0.2, 0) is 11.3 Å². The molecule has 118 valence electrons. The van der Waals surface area contributed by atoms with Crippen molar-refractivity contribution in [3.05, 3.63) is 60.4 Å². The Kier molecular flexibility index (Phi) is 4.02. The van der Waals surface area contributed by atoms with E-state index in [2.05, 4.69) is 4.98 Å². The Morgan fingerprint density at radius 2 is 2.04 bits per heavy atom. The van der Waals surface area contributed by atoms with E-state index in [0.717, 1.165) is 16.6 Å². The monoisotopic (exact) mass is 309 g/mol. The van der Waals surface area contributed by atoms with Gasteiger partial charge in [0, 0.05) is 13.6 Å². The van der Waals surface area contributed by atoms with E-state index < -0.39 is 0 Å². The SMILES string of the molecule is CC(C(=O)N(C)Cc1cccc(O)c1)n1cnc2ccccc21. The number of phenolic OH excluding ortho intramolecular Hbond substituents is 1. The fourth-order valence-electron chi connectivity index (χ4n) is 2.73. The molecular formula is C18H19N3O2. The molecule has 1 atom stereocenters. The molecule has 3 aromatic rings. The molecule has 1 heterocycles. The Bertz CT molecular complexity index is 841. The Hall–Kier alpha value is -2.82. The molecule has 5 heteroatoms. The minimum absolute atomic E-state index is 0.00324. The first-order valence-corrected chi connectivity index (χ1v) is 7.50. The molecule has 0 aliphatic heterocycles. The van der Waals surface area contributed by atoms with Crippen LogP contribution in [0.1, 0.15) is 18.5 Å². The van der Waals surface area contributed by atoms with Gasteiger partial charge in [-0.25, -0.2) is 4.98 Å². The van der Waals surface area contributed by atoms with Gasteiger partial charge in [0.25, 0.3) is 0 Å². The average Bonchev–Trinajstić information content (AvgIpc) is 2.97. The Morgan fingerprint density at radius 1 is 1.26 bits per heavy atom. The van der Waals surface area contributed by atoms with Crippen LogP contribution in [0.4, 0.5) is 0 Å². The summed E-state index contributed by atoms with van der Waals surface area (Å²) in [6.45, 7) is 2.32. The third-order valence-electron chi connectivity index (χ3n) is 3.96. The molecule has 3 rings (SSSR count). The van der Waals surface area contributed by atoms with Gasteiger partial charge in [-0.15, -0.1) is 0 Å². The zero-order chi connectivity index (χ0) is 16.4. The summed E-state index contributed by atoms with van der Waals surface area (Å²) < 4.78 is 1.89. The van der Waals surface area contributed by atoms with E-state index in [-0.39, 0.29) is 17.7 Å². The number of phenols is 1. The number of imidazole rings is 1. The third kappa shape index (κ3) is 3.04. The molecular weight excluding hydrogens is 290 g/mol. The van der Waals surface area contributed by atoms with Crippen LogP contribution in [0.5, 0.6) is 5.75 Å². The van der Waals surface area contributed by atoms with E-state index in [1.54, 1.807) is 36.5 Å². The number of fused-ring (bicyclic) bond motifs is 1. The predicted octanol–water partition coefficient (Wildman–Crippen LogP) is 2.96. The van der Waals surface area contributed by atoms with E-state index in [1.807, 2.05) is 41.8 Å². The van der Waals surface area contributed by atoms with Crippen molar-refractivity contribution in [2.75, 3.05) is 7.05 Å². The summed E-state index contributed by atoms with van der Waals surface area (Å²) in [5, 5.41) is 9.53. The topological polar surface area (TPSA) is 58.4 Å². The number of likely N-dealkylation sites (N-methyl/N-ethyl adjacent to an activating group) is 1. The second-order valence-electron chi connectivity index (χ2n) is 5.68. The number of rotatable bonds is 4. The van der Waals surface area contributed by atoms with E-state index in [9.17, 15) is 9.90 Å². The lowest BCUT2D eigenvalue weighted by molar-refractivity contribution is -0.133. The number of hydrogen-bond donors (Lipinski definition) is 1. The van der Waals surface area contributed by atoms with Crippen molar-refractivity contribution in [3.63, 3.8) is 0 Å². The number of aromatic nitrogens is 2. The molecule has 0 fully saturated rings. The minimum Gasteiger partial charge on any atom is -0.508 e. The summed E-state index contributed by atoms with van der Waals surface area (Å²) in [4.78, 5) is 18.7. The first-order chi connectivity index (χ1) is 11.1. The van der Waals surface area contributed by atoms with Gasteiger partial charge in [-0.2, -0.15) is 0 Å². The highest BCUT2D eigenvalue weighted by molar-refractivity contribution is 5.83. The Balaban J connectivity index is 1.79. The molecule has 0 aliphatic rings. The van der Waals surface area contributed by atoms with Gasteiger partial charge in [0.1, 0.15) is 11.8 Å². The number of aromatic hydroxyl groups is 1. The predicted molar refractivity (Wildman–Crippen MR) is 89.0 cm³/mol. The number of amides is 1. The van der Waals surface area contributed by atoms with Crippen LogP contribution in [0.15, 0.2) is 54.9 Å². The lowest BCUT2D eigenvalue weighted by Gasteiger charge is -2.22. The lowest BCUT2D eigenvalue weighted by atomic mass is 10.2. The largest absolute Gasteiger partial charge is 0.508 e. The molecule has 0 bridgehead atoms. The van der Waals surface area contributed by atoms with Gasteiger partial charge in [-0.1, -0.05) is 24.3 Å². The highest BCUT2D eigenvalue weighted by Gasteiger charge is 2.20. The van der Waals surface area contributed by atoms with Gasteiger partial charge in [0.2, 0.25) is 5.91 Å². The van der Waals surface area contributed by atoms with Gasteiger partial charge >= 0.3 is 0 Å². The molecule has 1 amide bonds. The highest BCUT2D eigenvalue weighted by atomic mass is 16.3. The molecule has 1 unspecified atom stereocenters. The van der Waals surface area contributed by atoms with E-state index in [4.69, 9.17) is 0 Å². The zero-order valence-corrected chi connectivity index (χ0v) is 13.2. The normalized spacial score (nSPS) is 12.3. The van der Waals surface area contributed by atoms with Crippen molar-refractivity contribution >= 4 is 16.9 Å². The molecule has 0 saturated heterocycles. The smallest absolute Gasteiger partial charge is 0.245 e. The number of benzene rings is 2. The van der Waals surface area contributed by atoms with Crippen LogP contribution in [0, 0.1) is 0 Å². The maximum Gasteiger partial charge on any atom is 0.245 e. The van der Waals surface area contributed by atoms with Gasteiger partial charge in [-0.3, -0.25) is 4.79 Å². The second-order valence-corrected chi connectivity index (χ2v) is 5.68. The lowest BCUT2D eigenvalue weighted by Crippen LogP contribution is -2.32. The van der Waals surface area contributed by atoms with Crippen LogP contribution < -0.4 is 0 Å². The van der Waals surface area contributed by atoms with Crippen molar-refractivity contribution in [2.24, 2.45) is 0 Å². The second kappa shape index (κ2) is 6.12. The van der Waals surface area contributed by atoms with Crippen LogP contribution in [0.25, 0.3) is 11.0 Å². The molecule has 23 heavy (non-hydrogen) atoms. The van der Waals surface area contributed by atoms with E-state index in [1.165, 1.54) is 0 Å². The molecule has 0 aliphatic carbocycles. The summed E-state index contributed by atoms with van der Waals surface area (Å²) in [7, 11) is 1.77. The molecule has 1 aromatic heterocycles. The molecule has 5 nitrogen and oxygen atoms in total. The summed E-state index contributed by atoms with van der Waals surface area (Å²) in [5.74, 6) is 0.202. The Morgan fingerprint density at radius 3 is 2.83 bits per heavy atom. The average molecular weight is 309 g/mol. The van der Waals surface area contributed by atoms with Crippen molar-refractivity contribution in [2.45, 2.75) is 19.5 Å². The van der Waals surface area contributed by atoms with Crippen molar-refractivity contribution in [1.82, 2.24) is 14.5 Å². The van der Waals surface area contributed by atoms with Gasteiger partial charge in [0.05, 0.1) is 17.4 Å². The number of hydrogen-bond acceptors (Lipinski definition) is 3. The standard InChI is InChI=1S/C18H19N3O2/c1-13(21-12-19-16-8-3-4-9-17(16)21)18(23)20(2)11-14-6-5-7-15(22)10-14/h3-10,12-13,22H,11H2,1-2H3. The Labute approximate surface area is 134 Å². The van der Waals surface area contributed by atoms with Crippen molar-refractivity contribution < 1.29 is 9.90 Å².